The highest BCUT2D eigenvalue weighted by atomic mass is 19.4. The van der Waals surface area contributed by atoms with E-state index >= 15 is 0 Å². The first kappa shape index (κ1) is 15.2. The first-order chi connectivity index (χ1) is 9.19. The van der Waals surface area contributed by atoms with E-state index in [9.17, 15) is 26.3 Å². The lowest BCUT2D eigenvalue weighted by molar-refractivity contribution is -0.143. The molecule has 1 aromatic carbocycles. The van der Waals surface area contributed by atoms with Gasteiger partial charge in [-0.1, -0.05) is 12.5 Å². The normalized spacial score (nSPS) is 21.0. The van der Waals surface area contributed by atoms with Crippen molar-refractivity contribution in [3.63, 3.8) is 0 Å². The summed E-state index contributed by atoms with van der Waals surface area (Å²) in [5.74, 6) is 0. The van der Waals surface area contributed by atoms with Crippen LogP contribution in [-0.4, -0.2) is 6.54 Å². The average molecular weight is 297 g/mol. The summed E-state index contributed by atoms with van der Waals surface area (Å²) in [5, 5.41) is 2.92. The molecule has 1 aromatic rings. The third kappa shape index (κ3) is 3.26. The van der Waals surface area contributed by atoms with Crippen molar-refractivity contribution >= 4 is 0 Å². The van der Waals surface area contributed by atoms with Gasteiger partial charge in [0.2, 0.25) is 0 Å². The van der Waals surface area contributed by atoms with Crippen LogP contribution in [0.3, 0.4) is 0 Å². The summed E-state index contributed by atoms with van der Waals surface area (Å²) in [6.07, 6.45) is -7.46. The summed E-state index contributed by atoms with van der Waals surface area (Å²) in [6.45, 7) is 0.572. The average Bonchev–Trinajstić information content (AvgIpc) is 2.37. The molecule has 112 valence electrons. The maximum absolute atomic E-state index is 13.0. The maximum Gasteiger partial charge on any atom is 0.416 e. The predicted octanol–water partition coefficient (Wildman–Crippen LogP) is 4.54. The standard InChI is InChI=1S/C13H13F6N/c14-12(15,16)8-4-5-9(10(7-8)13(17,18)19)11-3-1-2-6-20-11/h4-5,7,11,20H,1-3,6H2/t11-/m1/s1. The van der Waals surface area contributed by atoms with Gasteiger partial charge in [-0.25, -0.2) is 0 Å². The molecule has 0 radical (unpaired) electrons. The Labute approximate surface area is 112 Å². The summed E-state index contributed by atoms with van der Waals surface area (Å²) in [4.78, 5) is 0. The maximum atomic E-state index is 13.0. The van der Waals surface area contributed by atoms with Crippen LogP contribution in [0.5, 0.6) is 0 Å². The lowest BCUT2D eigenvalue weighted by Crippen LogP contribution is -2.29. The van der Waals surface area contributed by atoms with Crippen LogP contribution in [0, 0.1) is 0 Å². The molecule has 1 aliphatic heterocycles. The molecule has 0 saturated carbocycles. The van der Waals surface area contributed by atoms with E-state index in [1.54, 1.807) is 0 Å². The molecule has 0 aliphatic carbocycles. The van der Waals surface area contributed by atoms with E-state index in [1.807, 2.05) is 0 Å². The predicted molar refractivity (Wildman–Crippen MR) is 61.0 cm³/mol. The van der Waals surface area contributed by atoms with Gasteiger partial charge in [0.1, 0.15) is 0 Å². The molecule has 1 heterocycles. The molecule has 2 rings (SSSR count). The molecule has 1 aliphatic rings. The van der Waals surface area contributed by atoms with Gasteiger partial charge >= 0.3 is 12.4 Å². The van der Waals surface area contributed by atoms with Gasteiger partial charge in [0.25, 0.3) is 0 Å². The lowest BCUT2D eigenvalue weighted by atomic mass is 9.92. The van der Waals surface area contributed by atoms with Crippen molar-refractivity contribution < 1.29 is 26.3 Å². The first-order valence-corrected chi connectivity index (χ1v) is 6.21. The molecule has 20 heavy (non-hydrogen) atoms. The van der Waals surface area contributed by atoms with Crippen molar-refractivity contribution in [1.29, 1.82) is 0 Å². The van der Waals surface area contributed by atoms with Crippen LogP contribution in [-0.2, 0) is 12.4 Å². The zero-order valence-corrected chi connectivity index (χ0v) is 10.4. The second-order valence-electron chi connectivity index (χ2n) is 4.80. The number of hydrogen-bond acceptors (Lipinski definition) is 1. The van der Waals surface area contributed by atoms with Crippen LogP contribution < -0.4 is 5.32 Å². The number of rotatable bonds is 1. The zero-order valence-electron chi connectivity index (χ0n) is 10.4. The van der Waals surface area contributed by atoms with Crippen LogP contribution in [0.1, 0.15) is 42.0 Å². The lowest BCUT2D eigenvalue weighted by Gasteiger charge is -2.27. The minimum absolute atomic E-state index is 0.106. The van der Waals surface area contributed by atoms with Gasteiger partial charge in [-0.15, -0.1) is 0 Å². The van der Waals surface area contributed by atoms with E-state index in [2.05, 4.69) is 5.32 Å². The van der Waals surface area contributed by atoms with Gasteiger partial charge in [-0.3, -0.25) is 0 Å². The third-order valence-electron chi connectivity index (χ3n) is 3.37. The summed E-state index contributed by atoms with van der Waals surface area (Å²) >= 11 is 0. The van der Waals surface area contributed by atoms with E-state index in [1.165, 1.54) is 0 Å². The number of nitrogens with one attached hydrogen (secondary N) is 1. The molecule has 0 bridgehead atoms. The first-order valence-electron chi connectivity index (χ1n) is 6.21. The van der Waals surface area contributed by atoms with Crippen molar-refractivity contribution in [1.82, 2.24) is 5.32 Å². The van der Waals surface area contributed by atoms with Crippen molar-refractivity contribution in [3.8, 4) is 0 Å². The van der Waals surface area contributed by atoms with Crippen LogP contribution >= 0.6 is 0 Å². The van der Waals surface area contributed by atoms with E-state index in [4.69, 9.17) is 0 Å². The Morgan fingerprint density at radius 3 is 2.15 bits per heavy atom. The molecule has 0 unspecified atom stereocenters. The minimum atomic E-state index is -4.80. The number of alkyl halides is 6. The molecular formula is C13H13F6N. The largest absolute Gasteiger partial charge is 0.416 e. The molecule has 1 fully saturated rings. The van der Waals surface area contributed by atoms with E-state index < -0.39 is 29.5 Å². The topological polar surface area (TPSA) is 12.0 Å². The smallest absolute Gasteiger partial charge is 0.310 e. The SMILES string of the molecule is FC(F)(F)c1ccc([C@H]2CCCCN2)c(C(F)(F)F)c1. The van der Waals surface area contributed by atoms with Crippen molar-refractivity contribution in [2.75, 3.05) is 6.54 Å². The Hall–Kier alpha value is -1.24. The molecule has 0 aromatic heterocycles. The van der Waals surface area contributed by atoms with Crippen LogP contribution in [0.4, 0.5) is 26.3 Å². The number of benzene rings is 1. The minimum Gasteiger partial charge on any atom is -0.310 e. The van der Waals surface area contributed by atoms with Gasteiger partial charge < -0.3 is 5.32 Å². The molecule has 0 amide bonds. The molecule has 1 nitrogen and oxygen atoms in total. The zero-order chi connectivity index (χ0) is 15.0. The highest BCUT2D eigenvalue weighted by molar-refractivity contribution is 5.37. The molecule has 7 heteroatoms. The van der Waals surface area contributed by atoms with Crippen molar-refractivity contribution in [2.45, 2.75) is 37.7 Å². The Kier molecular flexibility index (Phi) is 4.00. The van der Waals surface area contributed by atoms with Gasteiger partial charge in [0, 0.05) is 6.04 Å². The molecule has 1 atom stereocenters. The highest BCUT2D eigenvalue weighted by Crippen LogP contribution is 2.40. The molecular weight excluding hydrogens is 284 g/mol. The van der Waals surface area contributed by atoms with E-state index in [0.29, 0.717) is 19.0 Å². The van der Waals surface area contributed by atoms with E-state index in [0.717, 1.165) is 18.9 Å². The fraction of sp³-hybridized carbons (Fsp3) is 0.538. The molecule has 1 saturated heterocycles. The third-order valence-corrected chi connectivity index (χ3v) is 3.37. The Balaban J connectivity index is 2.45. The number of halogens is 6. The monoisotopic (exact) mass is 297 g/mol. The summed E-state index contributed by atoms with van der Waals surface area (Å²) in [6, 6.07) is 1.31. The van der Waals surface area contributed by atoms with Crippen LogP contribution in [0.15, 0.2) is 18.2 Å². The van der Waals surface area contributed by atoms with Crippen molar-refractivity contribution in [3.05, 3.63) is 34.9 Å². The van der Waals surface area contributed by atoms with Crippen LogP contribution in [0.25, 0.3) is 0 Å². The Morgan fingerprint density at radius 2 is 1.65 bits per heavy atom. The quantitative estimate of drug-likeness (QED) is 0.750. The van der Waals surface area contributed by atoms with Gasteiger partial charge in [0.15, 0.2) is 0 Å². The molecule has 1 N–H and O–H groups in total. The molecule has 0 spiro atoms. The van der Waals surface area contributed by atoms with Crippen LogP contribution in [0.2, 0.25) is 0 Å². The fourth-order valence-electron chi connectivity index (χ4n) is 2.40. The van der Waals surface area contributed by atoms with Crippen molar-refractivity contribution in [2.24, 2.45) is 0 Å². The van der Waals surface area contributed by atoms with Gasteiger partial charge in [-0.2, -0.15) is 26.3 Å². The second-order valence-corrected chi connectivity index (χ2v) is 4.80. The number of hydrogen-bond donors (Lipinski definition) is 1. The highest BCUT2D eigenvalue weighted by Gasteiger charge is 2.39. The van der Waals surface area contributed by atoms with Gasteiger partial charge in [0.05, 0.1) is 11.1 Å². The summed E-state index contributed by atoms with van der Waals surface area (Å²) < 4.78 is 76.6. The Morgan fingerprint density at radius 1 is 0.950 bits per heavy atom. The van der Waals surface area contributed by atoms with Gasteiger partial charge in [-0.05, 0) is 37.1 Å². The fourth-order valence-corrected chi connectivity index (χ4v) is 2.40. The Bertz CT molecular complexity index is 471. The summed E-state index contributed by atoms with van der Waals surface area (Å²) in [7, 11) is 0. The van der Waals surface area contributed by atoms with E-state index in [-0.39, 0.29) is 11.6 Å². The second kappa shape index (κ2) is 5.27. The summed E-state index contributed by atoms with van der Waals surface area (Å²) in [5.41, 5.74) is -2.58. The number of piperidine rings is 1.